The van der Waals surface area contributed by atoms with Gasteiger partial charge in [0.15, 0.2) is 18.9 Å². The van der Waals surface area contributed by atoms with Gasteiger partial charge in [0.2, 0.25) is 0 Å². The molecule has 0 aromatic carbocycles. The first-order valence-corrected chi connectivity index (χ1v) is 11.4. The van der Waals surface area contributed by atoms with Crippen LogP contribution in [0.2, 0.25) is 0 Å². The molecular formula is C20H37NO13. The summed E-state index contributed by atoms with van der Waals surface area (Å²) in [4.78, 5) is 0. The highest BCUT2D eigenvalue weighted by Gasteiger charge is 2.52. The minimum atomic E-state index is -1.73. The molecule has 0 bridgehead atoms. The molecule has 0 aliphatic carbocycles. The van der Waals surface area contributed by atoms with E-state index in [9.17, 15) is 35.7 Å². The Morgan fingerprint density at radius 1 is 0.765 bits per heavy atom. The van der Waals surface area contributed by atoms with Crippen molar-refractivity contribution in [3.8, 4) is 0 Å². The fraction of sp³-hybridized carbons (Fsp3) is 1.00. The van der Waals surface area contributed by atoms with Gasteiger partial charge in [-0.05, 0) is 13.3 Å². The molecule has 3 rings (SSSR count). The topological polar surface area (TPSA) is 223 Å². The van der Waals surface area contributed by atoms with E-state index in [1.54, 1.807) is 6.92 Å². The second kappa shape index (κ2) is 12.6. The van der Waals surface area contributed by atoms with Gasteiger partial charge in [-0.15, -0.1) is 0 Å². The number of nitrogens with two attached hydrogens (primary N) is 1. The summed E-state index contributed by atoms with van der Waals surface area (Å²) in [6, 6.07) is 0. The molecule has 3 fully saturated rings. The van der Waals surface area contributed by atoms with Crippen molar-refractivity contribution in [2.75, 3.05) is 26.4 Å². The molecule has 0 aromatic heterocycles. The van der Waals surface area contributed by atoms with Crippen LogP contribution in [-0.2, 0) is 28.4 Å². The molecule has 0 amide bonds. The number of hydrogen-bond donors (Lipinski definition) is 8. The van der Waals surface area contributed by atoms with Crippen molar-refractivity contribution in [3.05, 3.63) is 0 Å². The van der Waals surface area contributed by atoms with Gasteiger partial charge in [-0.25, -0.2) is 0 Å². The van der Waals surface area contributed by atoms with E-state index in [1.807, 2.05) is 0 Å². The predicted molar refractivity (Wildman–Crippen MR) is 110 cm³/mol. The number of aliphatic hydroxyl groups is 7. The van der Waals surface area contributed by atoms with Crippen molar-refractivity contribution in [3.63, 3.8) is 0 Å². The molecule has 34 heavy (non-hydrogen) atoms. The first kappa shape index (κ1) is 28.0. The van der Waals surface area contributed by atoms with Crippen LogP contribution in [0.1, 0.15) is 19.8 Å². The van der Waals surface area contributed by atoms with E-state index in [1.165, 1.54) is 0 Å². The molecule has 0 aromatic rings. The van der Waals surface area contributed by atoms with Crippen molar-refractivity contribution < 1.29 is 64.2 Å². The molecule has 0 spiro atoms. The molecule has 3 aliphatic heterocycles. The number of aliphatic hydroxyl groups excluding tert-OH is 7. The fourth-order valence-corrected chi connectivity index (χ4v) is 4.21. The van der Waals surface area contributed by atoms with Gasteiger partial charge in [0, 0.05) is 13.0 Å². The molecule has 3 saturated heterocycles. The Morgan fingerprint density at radius 3 is 2.03 bits per heavy atom. The Bertz CT molecular complexity index is 615. The molecule has 7 unspecified atom stereocenters. The quantitative estimate of drug-likeness (QED) is 0.150. The van der Waals surface area contributed by atoms with E-state index in [2.05, 4.69) is 0 Å². The van der Waals surface area contributed by atoms with Crippen LogP contribution in [0, 0.1) is 0 Å². The first-order valence-electron chi connectivity index (χ1n) is 11.4. The molecule has 3 aliphatic rings. The van der Waals surface area contributed by atoms with Crippen LogP contribution in [0.5, 0.6) is 0 Å². The number of ether oxygens (including phenoxy) is 6. The zero-order valence-corrected chi connectivity index (χ0v) is 18.9. The standard InChI is InChI=1S/C20H37NO13/c1-8-9(24)2-3-12(30-8)33-18-17(14(26)11(7-23)32-20(18)29-5-4-21)34-19-16(28)15(27)13(25)10(6-22)31-19/h8-20,22-28H,2-7,21H2,1H3/t8?,9-,10?,11?,12-,13-,14-,15?,16?,17?,18?,19+,20+/m0/s1. The van der Waals surface area contributed by atoms with E-state index in [4.69, 9.17) is 34.2 Å². The molecule has 13 atom stereocenters. The first-order chi connectivity index (χ1) is 16.2. The molecule has 0 saturated carbocycles. The lowest BCUT2D eigenvalue weighted by atomic mass is 9.96. The fourth-order valence-electron chi connectivity index (χ4n) is 4.21. The average molecular weight is 500 g/mol. The van der Waals surface area contributed by atoms with Gasteiger partial charge >= 0.3 is 0 Å². The van der Waals surface area contributed by atoms with Crippen molar-refractivity contribution in [2.45, 2.75) is 99.7 Å². The summed E-state index contributed by atoms with van der Waals surface area (Å²) in [5.74, 6) is 0. The summed E-state index contributed by atoms with van der Waals surface area (Å²) < 4.78 is 34.2. The molecule has 200 valence electrons. The Morgan fingerprint density at radius 2 is 1.41 bits per heavy atom. The summed E-state index contributed by atoms with van der Waals surface area (Å²) in [5, 5.41) is 70.5. The second-order valence-electron chi connectivity index (χ2n) is 8.69. The molecule has 0 radical (unpaired) electrons. The SMILES string of the molecule is CC1O[C@@H](OC2C(O[C@H]3OC(CO)[C@H](O)C(O)C3O)[C@@H](O)C(CO)O[C@H]2OCCN)CC[C@@H]1O. The highest BCUT2D eigenvalue weighted by atomic mass is 16.8. The van der Waals surface area contributed by atoms with Gasteiger partial charge in [0.1, 0.15) is 48.8 Å². The predicted octanol–water partition coefficient (Wildman–Crippen LogP) is -4.50. The van der Waals surface area contributed by atoms with Crippen molar-refractivity contribution in [1.29, 1.82) is 0 Å². The Kier molecular flexibility index (Phi) is 10.4. The summed E-state index contributed by atoms with van der Waals surface area (Å²) in [6.45, 7) is 0.595. The van der Waals surface area contributed by atoms with Gasteiger partial charge in [0.25, 0.3) is 0 Å². The van der Waals surface area contributed by atoms with Gasteiger partial charge in [-0.2, -0.15) is 0 Å². The Hall–Kier alpha value is -0.560. The highest BCUT2D eigenvalue weighted by molar-refractivity contribution is 4.95. The largest absolute Gasteiger partial charge is 0.394 e. The monoisotopic (exact) mass is 499 g/mol. The minimum absolute atomic E-state index is 0.0478. The van der Waals surface area contributed by atoms with Crippen LogP contribution >= 0.6 is 0 Å². The second-order valence-corrected chi connectivity index (χ2v) is 8.69. The maximum absolute atomic E-state index is 10.9. The third-order valence-electron chi connectivity index (χ3n) is 6.25. The van der Waals surface area contributed by atoms with Crippen LogP contribution in [0.4, 0.5) is 0 Å². The summed E-state index contributed by atoms with van der Waals surface area (Å²) >= 11 is 0. The lowest BCUT2D eigenvalue weighted by Crippen LogP contribution is -2.65. The highest BCUT2D eigenvalue weighted by Crippen LogP contribution is 2.33. The van der Waals surface area contributed by atoms with Gasteiger partial charge in [0.05, 0.1) is 32.0 Å². The van der Waals surface area contributed by atoms with Crippen molar-refractivity contribution >= 4 is 0 Å². The lowest BCUT2D eigenvalue weighted by Gasteiger charge is -2.48. The van der Waals surface area contributed by atoms with E-state index < -0.39 is 93.1 Å². The normalized spacial score (nSPS) is 48.1. The molecule has 14 nitrogen and oxygen atoms in total. The van der Waals surface area contributed by atoms with Gasteiger partial charge in [-0.3, -0.25) is 0 Å². The van der Waals surface area contributed by atoms with Crippen molar-refractivity contribution in [1.82, 2.24) is 0 Å². The zero-order chi connectivity index (χ0) is 25.0. The molecule has 3 heterocycles. The third-order valence-corrected chi connectivity index (χ3v) is 6.25. The van der Waals surface area contributed by atoms with E-state index >= 15 is 0 Å². The average Bonchev–Trinajstić information content (AvgIpc) is 2.83. The van der Waals surface area contributed by atoms with Crippen molar-refractivity contribution in [2.24, 2.45) is 5.73 Å². The maximum Gasteiger partial charge on any atom is 0.187 e. The summed E-state index contributed by atoms with van der Waals surface area (Å²) in [5.41, 5.74) is 5.53. The van der Waals surface area contributed by atoms with E-state index in [0.29, 0.717) is 12.8 Å². The van der Waals surface area contributed by atoms with Crippen LogP contribution in [0.25, 0.3) is 0 Å². The van der Waals surface area contributed by atoms with Crippen LogP contribution in [0.15, 0.2) is 0 Å². The number of hydrogen-bond acceptors (Lipinski definition) is 14. The lowest BCUT2D eigenvalue weighted by molar-refractivity contribution is -0.380. The van der Waals surface area contributed by atoms with Gasteiger partial charge < -0.3 is 69.9 Å². The van der Waals surface area contributed by atoms with E-state index in [-0.39, 0.29) is 13.2 Å². The zero-order valence-electron chi connectivity index (χ0n) is 18.9. The van der Waals surface area contributed by atoms with Gasteiger partial charge in [-0.1, -0.05) is 0 Å². The maximum atomic E-state index is 10.9. The van der Waals surface area contributed by atoms with E-state index in [0.717, 1.165) is 0 Å². The smallest absolute Gasteiger partial charge is 0.187 e. The minimum Gasteiger partial charge on any atom is -0.394 e. The molecule has 9 N–H and O–H groups in total. The third kappa shape index (κ3) is 6.22. The molecule has 14 heteroatoms. The number of rotatable bonds is 9. The van der Waals surface area contributed by atoms with Crippen LogP contribution in [-0.4, -0.2) is 142 Å². The Balaban J connectivity index is 1.83. The van der Waals surface area contributed by atoms with Crippen LogP contribution in [0.3, 0.4) is 0 Å². The van der Waals surface area contributed by atoms with Crippen LogP contribution < -0.4 is 5.73 Å². The summed E-state index contributed by atoms with van der Waals surface area (Å²) in [7, 11) is 0. The molecular weight excluding hydrogens is 462 g/mol. The summed E-state index contributed by atoms with van der Waals surface area (Å²) in [6.07, 6.45) is -15.5. The Labute approximate surface area is 196 Å².